The molecule has 11 nitrogen and oxygen atoms in total. The van der Waals surface area contributed by atoms with Gasteiger partial charge in [-0.3, -0.25) is 14.2 Å². The minimum atomic E-state index is -4.22. The number of amides is 1. The van der Waals surface area contributed by atoms with Crippen LogP contribution in [0.15, 0.2) is 66.2 Å². The van der Waals surface area contributed by atoms with Crippen molar-refractivity contribution >= 4 is 25.5 Å². The number of rotatable bonds is 12. The Balaban J connectivity index is 1.46. The van der Waals surface area contributed by atoms with Crippen LogP contribution in [-0.4, -0.2) is 54.2 Å². The molecule has 1 aromatic rings. The van der Waals surface area contributed by atoms with Gasteiger partial charge in [-0.25, -0.2) is 4.79 Å². The third-order valence-electron chi connectivity index (χ3n) is 7.09. The summed E-state index contributed by atoms with van der Waals surface area (Å²) in [6, 6.07) is 4.45. The van der Waals surface area contributed by atoms with Crippen LogP contribution in [0.4, 0.5) is 0 Å². The van der Waals surface area contributed by atoms with Crippen molar-refractivity contribution < 1.29 is 47.8 Å². The fourth-order valence-electron chi connectivity index (χ4n) is 5.16. The number of phosphoric acid groups is 1. The molecule has 1 aliphatic heterocycles. The number of hydrogen-bond donors (Lipinski definition) is 3. The second kappa shape index (κ2) is 12.8. The number of allylic oxidation sites excluding steroid dienone is 4. The topological polar surface area (TPSA) is 172 Å². The Morgan fingerprint density at radius 3 is 2.67 bits per heavy atom. The number of aromatic carboxylic acids is 1. The summed E-state index contributed by atoms with van der Waals surface area (Å²) in [5, 5.41) is 22.9. The van der Waals surface area contributed by atoms with E-state index in [1.54, 1.807) is 18.2 Å². The first-order valence-electron chi connectivity index (χ1n) is 13.0. The van der Waals surface area contributed by atoms with Gasteiger partial charge in [0.2, 0.25) is 0 Å². The Labute approximate surface area is 231 Å². The molecule has 40 heavy (non-hydrogen) atoms. The van der Waals surface area contributed by atoms with Gasteiger partial charge in [0.1, 0.15) is 17.6 Å². The summed E-state index contributed by atoms with van der Waals surface area (Å²) in [6.45, 7) is 0.405. The van der Waals surface area contributed by atoms with Crippen molar-refractivity contribution in [2.45, 2.75) is 37.7 Å². The Morgan fingerprint density at radius 1 is 1.15 bits per heavy atom. The number of carboxylic acids is 1. The van der Waals surface area contributed by atoms with E-state index in [1.807, 2.05) is 0 Å². The predicted molar refractivity (Wildman–Crippen MR) is 141 cm³/mol. The highest BCUT2D eigenvalue weighted by Crippen LogP contribution is 2.49. The maximum atomic E-state index is 13.0. The molecule has 214 valence electrons. The fraction of sp³-hybridized carbons (Fsp3) is 0.393. The van der Waals surface area contributed by atoms with E-state index in [2.05, 4.69) is 14.4 Å². The maximum absolute atomic E-state index is 13.0. The summed E-state index contributed by atoms with van der Waals surface area (Å²) in [6.07, 6.45) is 11.3. The maximum Gasteiger partial charge on any atom is 0.335 e. The van der Waals surface area contributed by atoms with Crippen LogP contribution in [0.1, 0.15) is 57.9 Å². The number of fused-ring (bicyclic) bond motifs is 2. The van der Waals surface area contributed by atoms with Gasteiger partial charge in [0.05, 0.1) is 12.2 Å². The molecule has 5 unspecified atom stereocenters. The lowest BCUT2D eigenvalue weighted by atomic mass is 9.68. The average molecular weight is 573 g/mol. The quantitative estimate of drug-likeness (QED) is 0.248. The summed E-state index contributed by atoms with van der Waals surface area (Å²) >= 11 is 0. The summed E-state index contributed by atoms with van der Waals surface area (Å²) in [5.41, 5.74) is 0.763. The minimum Gasteiger partial charge on any atom is -0.756 e. The van der Waals surface area contributed by atoms with E-state index >= 15 is 0 Å². The highest BCUT2D eigenvalue weighted by Gasteiger charge is 2.45. The molecule has 0 aromatic heterocycles. The van der Waals surface area contributed by atoms with Crippen molar-refractivity contribution in [3.63, 3.8) is 0 Å². The molecule has 1 fully saturated rings. The molecule has 5 atom stereocenters. The van der Waals surface area contributed by atoms with Crippen LogP contribution in [0.3, 0.4) is 0 Å². The lowest BCUT2D eigenvalue weighted by Gasteiger charge is -2.44. The van der Waals surface area contributed by atoms with Crippen LogP contribution < -0.4 is 10.2 Å². The number of unbranched alkanes of at least 4 members (excludes halogenated alkanes) is 3. The predicted octanol–water partition coefficient (Wildman–Crippen LogP) is 3.56. The molecule has 0 radical (unpaired) electrons. The van der Waals surface area contributed by atoms with E-state index in [0.717, 1.165) is 13.5 Å². The Bertz CT molecular complexity index is 1330. The zero-order valence-electron chi connectivity index (χ0n) is 21.9. The van der Waals surface area contributed by atoms with Gasteiger partial charge in [-0.15, -0.1) is 0 Å². The van der Waals surface area contributed by atoms with Gasteiger partial charge in [-0.05, 0) is 54.8 Å². The minimum absolute atomic E-state index is 0.0104. The third-order valence-corrected chi connectivity index (χ3v) is 8.04. The van der Waals surface area contributed by atoms with Crippen molar-refractivity contribution in [3.8, 4) is 0 Å². The zero-order chi connectivity index (χ0) is 28.9. The van der Waals surface area contributed by atoms with E-state index in [9.17, 15) is 34.1 Å². The monoisotopic (exact) mass is 572 g/mol. The molecule has 12 heteroatoms. The summed E-state index contributed by atoms with van der Waals surface area (Å²) in [5.74, 6) is -2.62. The van der Waals surface area contributed by atoms with Crippen LogP contribution >= 0.6 is 7.82 Å². The lowest BCUT2D eigenvalue weighted by molar-refractivity contribution is -0.223. The SMILES string of the molecule is COP(=O)([O-])OCCCCCCNC(=O)c1ccc(C(=O)O)c(C2C3C=CC(=O)C=C3OC3C=C(O)C=CC32)c1. The van der Waals surface area contributed by atoms with E-state index in [0.29, 0.717) is 42.7 Å². The number of carbonyl (C=O) groups is 3. The molecule has 3 aliphatic rings. The summed E-state index contributed by atoms with van der Waals surface area (Å²) in [4.78, 5) is 48.4. The van der Waals surface area contributed by atoms with Gasteiger partial charge in [-0.1, -0.05) is 25.0 Å². The molecule has 1 aromatic carbocycles. The first-order chi connectivity index (χ1) is 19.1. The highest BCUT2D eigenvalue weighted by molar-refractivity contribution is 7.45. The first kappa shape index (κ1) is 29.5. The molecule has 3 N–H and O–H groups in total. The molecule has 1 heterocycles. The van der Waals surface area contributed by atoms with Gasteiger partial charge >= 0.3 is 5.97 Å². The third kappa shape index (κ3) is 6.98. The number of aliphatic hydroxyl groups is 1. The molecule has 0 spiro atoms. The number of carboxylic acid groups (broad SMARTS) is 1. The number of benzene rings is 1. The summed E-state index contributed by atoms with van der Waals surface area (Å²) < 4.78 is 26.1. The number of carbonyl (C=O) groups excluding carboxylic acids is 2. The molecule has 1 saturated heterocycles. The van der Waals surface area contributed by atoms with Crippen molar-refractivity contribution in [2.75, 3.05) is 20.3 Å². The molecule has 2 aliphatic carbocycles. The Morgan fingerprint density at radius 2 is 1.93 bits per heavy atom. The van der Waals surface area contributed by atoms with E-state index < -0.39 is 31.7 Å². The molecule has 1 amide bonds. The van der Waals surface area contributed by atoms with Gasteiger partial charge in [0, 0.05) is 43.0 Å². The van der Waals surface area contributed by atoms with Crippen molar-refractivity contribution in [3.05, 3.63) is 82.9 Å². The van der Waals surface area contributed by atoms with Crippen molar-refractivity contribution in [2.24, 2.45) is 11.8 Å². The number of hydrogen-bond acceptors (Lipinski definition) is 9. The molecular formula is C28H31NO10P-. The van der Waals surface area contributed by atoms with Gasteiger partial charge in [-0.2, -0.15) is 0 Å². The Hall–Kier alpha value is -3.50. The summed E-state index contributed by atoms with van der Waals surface area (Å²) in [7, 11) is -3.18. The van der Waals surface area contributed by atoms with Crippen LogP contribution in [0.2, 0.25) is 0 Å². The number of ether oxygens (including phenoxy) is 1. The molecule has 0 bridgehead atoms. The number of ketones is 1. The van der Waals surface area contributed by atoms with E-state index in [4.69, 9.17) is 4.74 Å². The second-order valence-corrected chi connectivity index (χ2v) is 11.2. The van der Waals surface area contributed by atoms with Gasteiger partial charge < -0.3 is 34.2 Å². The molecule has 4 rings (SSSR count). The first-order valence-corrected chi connectivity index (χ1v) is 14.4. The lowest BCUT2D eigenvalue weighted by Crippen LogP contribution is -2.40. The smallest absolute Gasteiger partial charge is 0.335 e. The Kier molecular flexibility index (Phi) is 9.42. The van der Waals surface area contributed by atoms with Crippen molar-refractivity contribution in [1.29, 1.82) is 0 Å². The van der Waals surface area contributed by atoms with Crippen LogP contribution in [0.5, 0.6) is 0 Å². The molecule has 0 saturated carbocycles. The highest BCUT2D eigenvalue weighted by atomic mass is 31.2. The molecular weight excluding hydrogens is 541 g/mol. The van der Waals surface area contributed by atoms with Gasteiger partial charge in [0.15, 0.2) is 5.78 Å². The largest absolute Gasteiger partial charge is 0.756 e. The number of aliphatic hydroxyl groups excluding tert-OH is 1. The second-order valence-electron chi connectivity index (χ2n) is 9.71. The zero-order valence-corrected chi connectivity index (χ0v) is 22.8. The van der Waals surface area contributed by atoms with Crippen molar-refractivity contribution in [1.82, 2.24) is 5.32 Å². The average Bonchev–Trinajstić information content (AvgIpc) is 2.92. The fourth-order valence-corrected chi connectivity index (χ4v) is 5.62. The van der Waals surface area contributed by atoms with E-state index in [1.165, 1.54) is 36.4 Å². The van der Waals surface area contributed by atoms with Crippen LogP contribution in [0.25, 0.3) is 0 Å². The van der Waals surface area contributed by atoms with Crippen LogP contribution in [-0.2, 0) is 23.1 Å². The van der Waals surface area contributed by atoms with Crippen LogP contribution in [0, 0.1) is 11.8 Å². The number of phosphoric ester groups is 1. The van der Waals surface area contributed by atoms with E-state index in [-0.39, 0.29) is 35.5 Å². The number of nitrogens with one attached hydrogen (secondary N) is 1. The standard InChI is InChI=1S/C28H32NO10P/c1-37-40(35,36)38-13-5-3-2-4-12-29-27(32)17-6-9-20(28(33)34)23(14-17)26-21-10-7-18(30)15-24(21)39-25-16-19(31)8-11-22(25)26/h6-11,14-16,21-22,24,26,30H,2-5,12-13H2,1H3,(H,29,32)(H,33,34)(H,35,36)/p-1. The van der Waals surface area contributed by atoms with Gasteiger partial charge in [0.25, 0.3) is 13.7 Å². The normalized spacial score (nSPS) is 24.6.